The van der Waals surface area contributed by atoms with Crippen LogP contribution in [0.5, 0.6) is 11.5 Å². The zero-order chi connectivity index (χ0) is 34.6. The van der Waals surface area contributed by atoms with Gasteiger partial charge in [0.2, 0.25) is 0 Å². The van der Waals surface area contributed by atoms with Crippen molar-refractivity contribution in [3.63, 3.8) is 0 Å². The number of halogens is 4. The monoisotopic (exact) mass is 672 g/mol. The first kappa shape index (κ1) is 38.6. The lowest BCUT2D eigenvalue weighted by molar-refractivity contribution is -0.155. The Bertz CT molecular complexity index is 1340. The minimum atomic E-state index is -4.44. The van der Waals surface area contributed by atoms with Crippen LogP contribution >= 0.6 is 0 Å². The van der Waals surface area contributed by atoms with Gasteiger partial charge in [-0.2, -0.15) is 8.78 Å². The van der Waals surface area contributed by atoms with E-state index in [4.69, 9.17) is 9.47 Å². The Hall–Kier alpha value is -3.88. The Kier molecular flexibility index (Phi) is 17.0. The third kappa shape index (κ3) is 14.1. The zero-order valence-corrected chi connectivity index (χ0v) is 27.9. The third-order valence-electron chi connectivity index (χ3n) is 8.09. The summed E-state index contributed by atoms with van der Waals surface area (Å²) >= 11 is 0. The molecule has 3 aromatic carbocycles. The fourth-order valence-corrected chi connectivity index (χ4v) is 5.16. The Morgan fingerprint density at radius 2 is 1.00 bits per heavy atom. The molecule has 0 spiro atoms. The zero-order valence-electron chi connectivity index (χ0n) is 27.9. The first-order valence-corrected chi connectivity index (χ1v) is 17.2. The lowest BCUT2D eigenvalue weighted by atomic mass is 10.0. The molecule has 0 radical (unpaired) electrons. The number of alkyl halides is 4. The van der Waals surface area contributed by atoms with Crippen molar-refractivity contribution in [1.82, 2.24) is 0 Å². The summed E-state index contributed by atoms with van der Waals surface area (Å²) in [4.78, 5) is 24.5. The van der Waals surface area contributed by atoms with E-state index in [2.05, 4.69) is 11.7 Å². The van der Waals surface area contributed by atoms with Gasteiger partial charge in [-0.25, -0.2) is 18.4 Å². The lowest BCUT2D eigenvalue weighted by Gasteiger charge is -2.15. The molecule has 0 atom stereocenters. The smallest absolute Gasteiger partial charge is 0.343 e. The maximum Gasteiger partial charge on any atom is 0.343 e. The molecule has 0 aliphatic heterocycles. The van der Waals surface area contributed by atoms with Crippen LogP contribution in [0.25, 0.3) is 11.1 Å². The molecule has 0 heterocycles. The predicted octanol–water partition coefficient (Wildman–Crippen LogP) is 11.5. The Morgan fingerprint density at radius 1 is 0.583 bits per heavy atom. The molecule has 0 aromatic heterocycles. The average Bonchev–Trinajstić information content (AvgIpc) is 3.09. The second-order valence-electron chi connectivity index (χ2n) is 12.1. The largest absolute Gasteiger partial charge is 0.494 e. The van der Waals surface area contributed by atoms with Gasteiger partial charge in [-0.15, -0.1) is 0 Å². The van der Waals surface area contributed by atoms with Crippen molar-refractivity contribution in [3.8, 4) is 22.6 Å². The summed E-state index contributed by atoms with van der Waals surface area (Å²) < 4.78 is 65.9. The molecule has 48 heavy (non-hydrogen) atoms. The lowest BCUT2D eigenvalue weighted by Crippen LogP contribution is -2.33. The molecule has 262 valence electrons. The van der Waals surface area contributed by atoms with Crippen LogP contribution in [0.15, 0.2) is 72.8 Å². The molecule has 0 saturated heterocycles. The van der Waals surface area contributed by atoms with Crippen molar-refractivity contribution in [1.29, 1.82) is 0 Å². The van der Waals surface area contributed by atoms with Crippen LogP contribution in [0, 0.1) is 0 Å². The normalized spacial score (nSPS) is 11.5. The molecular weight excluding hydrogens is 624 g/mol. The number of carbonyl (C=O) groups excluding carboxylic acids is 2. The summed E-state index contributed by atoms with van der Waals surface area (Å²) in [5, 5.41) is 0. The number of hydrogen-bond acceptors (Lipinski definition) is 5. The van der Waals surface area contributed by atoms with Gasteiger partial charge < -0.3 is 14.2 Å². The first-order chi connectivity index (χ1) is 23.2. The Balaban J connectivity index is 1.31. The summed E-state index contributed by atoms with van der Waals surface area (Å²) in [7, 11) is 0. The van der Waals surface area contributed by atoms with Crippen molar-refractivity contribution >= 4 is 11.9 Å². The minimum Gasteiger partial charge on any atom is -0.494 e. The van der Waals surface area contributed by atoms with E-state index < -0.39 is 30.9 Å². The number of rotatable bonds is 23. The molecule has 0 aliphatic rings. The van der Waals surface area contributed by atoms with Crippen LogP contribution in [0.1, 0.15) is 118 Å². The van der Waals surface area contributed by atoms with Crippen molar-refractivity contribution in [3.05, 3.63) is 83.9 Å². The highest BCUT2D eigenvalue weighted by Crippen LogP contribution is 2.25. The van der Waals surface area contributed by atoms with E-state index in [9.17, 15) is 27.2 Å². The van der Waals surface area contributed by atoms with Gasteiger partial charge in [-0.3, -0.25) is 0 Å². The van der Waals surface area contributed by atoms with Crippen LogP contribution in [-0.4, -0.2) is 37.5 Å². The van der Waals surface area contributed by atoms with E-state index in [0.717, 1.165) is 23.3 Å². The summed E-state index contributed by atoms with van der Waals surface area (Å²) in [6, 6.07) is 19.6. The summed E-state index contributed by atoms with van der Waals surface area (Å²) in [5.41, 5.74) is 2.01. The molecular formula is C39H48F4O5. The van der Waals surface area contributed by atoms with Gasteiger partial charge >= 0.3 is 24.3 Å². The minimum absolute atomic E-state index is 0.100. The van der Waals surface area contributed by atoms with Crippen LogP contribution in [0.3, 0.4) is 0 Å². The van der Waals surface area contributed by atoms with Crippen LogP contribution in [-0.2, 0) is 4.74 Å². The van der Waals surface area contributed by atoms with Crippen LogP contribution in [0.2, 0.25) is 0 Å². The number of unbranched alkanes of at least 4 members (excludes halogenated alkanes) is 13. The van der Waals surface area contributed by atoms with E-state index in [1.165, 1.54) is 108 Å². The van der Waals surface area contributed by atoms with Gasteiger partial charge in [0.1, 0.15) is 11.5 Å². The molecule has 0 fully saturated rings. The Labute approximate surface area is 282 Å². The van der Waals surface area contributed by atoms with Crippen LogP contribution in [0.4, 0.5) is 17.6 Å². The van der Waals surface area contributed by atoms with Gasteiger partial charge in [0.25, 0.3) is 0 Å². The van der Waals surface area contributed by atoms with Gasteiger partial charge in [0.05, 0.1) is 17.7 Å². The summed E-state index contributed by atoms with van der Waals surface area (Å²) in [5.74, 6) is -5.36. The van der Waals surface area contributed by atoms with E-state index in [0.29, 0.717) is 12.2 Å². The Morgan fingerprint density at radius 3 is 1.50 bits per heavy atom. The number of hydrogen-bond donors (Lipinski definition) is 0. The molecule has 0 aliphatic carbocycles. The van der Waals surface area contributed by atoms with E-state index in [-0.39, 0.29) is 11.3 Å². The fourth-order valence-electron chi connectivity index (χ4n) is 5.16. The molecule has 0 bridgehead atoms. The number of benzene rings is 3. The number of ether oxygens (including phenoxy) is 3. The standard InChI is InChI=1S/C39H48F4O5/c1-2-3-4-5-6-7-8-9-10-11-12-13-14-15-28-46-34-24-20-31(21-25-34)30-16-18-33(19-17-30)37(45)48-35-26-22-32(23-27-35)36(44)47-29-39(42,43)38(40)41/h16-27,38H,2-15,28-29H2,1H3. The first-order valence-electron chi connectivity index (χ1n) is 17.2. The molecule has 0 amide bonds. The number of carbonyl (C=O) groups is 2. The maximum atomic E-state index is 13.0. The SMILES string of the molecule is CCCCCCCCCCCCCCCCOc1ccc(-c2ccc(C(=O)Oc3ccc(C(=O)OCC(F)(F)C(F)F)cc3)cc2)cc1. The van der Waals surface area contributed by atoms with E-state index >= 15 is 0 Å². The second kappa shape index (κ2) is 21.2. The fraction of sp³-hybridized carbons (Fsp3) is 0.487. The van der Waals surface area contributed by atoms with E-state index in [1.807, 2.05) is 24.3 Å². The third-order valence-corrected chi connectivity index (χ3v) is 8.09. The van der Waals surface area contributed by atoms with Crippen LogP contribution < -0.4 is 9.47 Å². The molecule has 5 nitrogen and oxygen atoms in total. The summed E-state index contributed by atoms with van der Waals surface area (Å²) in [6.07, 6.45) is 14.5. The topological polar surface area (TPSA) is 61.8 Å². The number of esters is 2. The quantitative estimate of drug-likeness (QED) is 0.0434. The summed E-state index contributed by atoms with van der Waals surface area (Å²) in [6.45, 7) is 1.21. The van der Waals surface area contributed by atoms with Crippen molar-refractivity contribution in [2.45, 2.75) is 109 Å². The van der Waals surface area contributed by atoms with Gasteiger partial charge in [-0.1, -0.05) is 115 Å². The van der Waals surface area contributed by atoms with Gasteiger partial charge in [0, 0.05) is 0 Å². The second-order valence-corrected chi connectivity index (χ2v) is 12.1. The molecule has 0 N–H and O–H groups in total. The van der Waals surface area contributed by atoms with Gasteiger partial charge in [0.15, 0.2) is 6.61 Å². The molecule has 3 rings (SSSR count). The molecule has 0 unspecified atom stereocenters. The highest BCUT2D eigenvalue weighted by molar-refractivity contribution is 5.92. The predicted molar refractivity (Wildman–Crippen MR) is 180 cm³/mol. The molecule has 3 aromatic rings. The van der Waals surface area contributed by atoms with Crippen molar-refractivity contribution in [2.24, 2.45) is 0 Å². The molecule has 9 heteroatoms. The highest BCUT2D eigenvalue weighted by Gasteiger charge is 2.42. The van der Waals surface area contributed by atoms with Gasteiger partial charge in [-0.05, 0) is 66.1 Å². The molecule has 0 saturated carbocycles. The highest BCUT2D eigenvalue weighted by atomic mass is 19.3. The van der Waals surface area contributed by atoms with Crippen molar-refractivity contribution in [2.75, 3.05) is 13.2 Å². The van der Waals surface area contributed by atoms with E-state index in [1.54, 1.807) is 24.3 Å². The average molecular weight is 673 g/mol. The van der Waals surface area contributed by atoms with Crippen molar-refractivity contribution < 1.29 is 41.4 Å². The maximum absolute atomic E-state index is 13.0.